The van der Waals surface area contributed by atoms with Gasteiger partial charge in [-0.05, 0) is 28.9 Å². The molecule has 0 unspecified atom stereocenters. The summed E-state index contributed by atoms with van der Waals surface area (Å²) < 4.78 is 2.37. The van der Waals surface area contributed by atoms with Gasteiger partial charge >= 0.3 is 0 Å². The highest BCUT2D eigenvalue weighted by Crippen LogP contribution is 2.29. The molecule has 15 heavy (non-hydrogen) atoms. The van der Waals surface area contributed by atoms with Crippen LogP contribution < -0.4 is 0 Å². The van der Waals surface area contributed by atoms with Gasteiger partial charge in [0.25, 0.3) is 5.69 Å². The molecule has 0 aliphatic rings. The number of fused-ring (bicyclic) bond motifs is 1. The molecule has 0 saturated heterocycles. The molecule has 5 nitrogen and oxygen atoms in total. The van der Waals surface area contributed by atoms with E-state index in [2.05, 4.69) is 20.9 Å². The van der Waals surface area contributed by atoms with Crippen LogP contribution in [-0.4, -0.2) is 14.5 Å². The van der Waals surface area contributed by atoms with E-state index in [1.54, 1.807) is 6.07 Å². The number of nitro benzene ring substituents is 1. The quantitative estimate of drug-likeness (QED) is 0.591. The molecule has 0 atom stereocenters. The molecule has 0 amide bonds. The zero-order valence-electron chi connectivity index (χ0n) is 8.19. The van der Waals surface area contributed by atoms with Crippen LogP contribution >= 0.6 is 15.9 Å². The van der Waals surface area contributed by atoms with Gasteiger partial charge in [-0.2, -0.15) is 0 Å². The molecule has 0 fully saturated rings. The molecular weight excluding hydrogens is 262 g/mol. The van der Waals surface area contributed by atoms with Crippen LogP contribution in [0.4, 0.5) is 5.69 Å². The number of hydrogen-bond acceptors (Lipinski definition) is 3. The number of imidazole rings is 1. The smallest absolute Gasteiger partial charge is 0.285 e. The predicted molar refractivity (Wildman–Crippen MR) is 59.8 cm³/mol. The van der Waals surface area contributed by atoms with Gasteiger partial charge in [0, 0.05) is 13.1 Å². The van der Waals surface area contributed by atoms with Crippen LogP contribution in [0, 0.1) is 17.0 Å². The number of aromatic nitrogens is 2. The molecule has 78 valence electrons. The summed E-state index contributed by atoms with van der Waals surface area (Å²) in [6.07, 6.45) is 0. The second-order valence-corrected chi connectivity index (χ2v) is 4.12. The molecule has 1 aromatic heterocycles. The molecule has 1 heterocycles. The van der Waals surface area contributed by atoms with Crippen LogP contribution in [0.1, 0.15) is 5.82 Å². The predicted octanol–water partition coefficient (Wildman–Crippen LogP) is 2.55. The Kier molecular flexibility index (Phi) is 2.22. The number of nitro groups is 1. The van der Waals surface area contributed by atoms with E-state index < -0.39 is 4.92 Å². The van der Waals surface area contributed by atoms with Gasteiger partial charge < -0.3 is 4.57 Å². The molecule has 0 spiro atoms. The van der Waals surface area contributed by atoms with Gasteiger partial charge in [0.1, 0.15) is 5.82 Å². The first-order chi connectivity index (χ1) is 7.00. The van der Waals surface area contributed by atoms with E-state index in [0.29, 0.717) is 9.99 Å². The highest BCUT2D eigenvalue weighted by molar-refractivity contribution is 9.10. The van der Waals surface area contributed by atoms with Crippen LogP contribution in [0.3, 0.4) is 0 Å². The zero-order chi connectivity index (χ0) is 11.2. The van der Waals surface area contributed by atoms with Gasteiger partial charge in [-0.15, -0.1) is 0 Å². The molecule has 0 aliphatic carbocycles. The van der Waals surface area contributed by atoms with Crippen LogP contribution in [0.2, 0.25) is 0 Å². The highest BCUT2D eigenvalue weighted by atomic mass is 79.9. The van der Waals surface area contributed by atoms with Crippen molar-refractivity contribution in [2.45, 2.75) is 6.92 Å². The number of aryl methyl sites for hydroxylation is 2. The Bertz CT molecular complexity index is 562. The third kappa shape index (κ3) is 1.50. The minimum absolute atomic E-state index is 0.0422. The number of rotatable bonds is 1. The molecular formula is C9H8BrN3O2. The summed E-state index contributed by atoms with van der Waals surface area (Å²) in [5, 5.41) is 10.7. The van der Waals surface area contributed by atoms with Crippen molar-refractivity contribution in [2.24, 2.45) is 7.05 Å². The maximum absolute atomic E-state index is 10.7. The second-order valence-electron chi connectivity index (χ2n) is 3.27. The van der Waals surface area contributed by atoms with E-state index in [4.69, 9.17) is 0 Å². The van der Waals surface area contributed by atoms with Crippen LogP contribution in [0.25, 0.3) is 11.0 Å². The van der Waals surface area contributed by atoms with Crippen molar-refractivity contribution in [1.82, 2.24) is 9.55 Å². The SMILES string of the molecule is Cc1nc2cc([N+](=O)[O-])c(Br)cc2n1C. The summed E-state index contributed by atoms with van der Waals surface area (Å²) in [5.41, 5.74) is 1.57. The highest BCUT2D eigenvalue weighted by Gasteiger charge is 2.15. The summed E-state index contributed by atoms with van der Waals surface area (Å²) in [6, 6.07) is 3.19. The fourth-order valence-electron chi connectivity index (χ4n) is 1.46. The first-order valence-corrected chi connectivity index (χ1v) is 5.07. The molecule has 0 N–H and O–H groups in total. The van der Waals surface area contributed by atoms with Crippen LogP contribution in [0.5, 0.6) is 0 Å². The number of benzene rings is 1. The van der Waals surface area contributed by atoms with E-state index in [1.807, 2.05) is 18.5 Å². The molecule has 0 bridgehead atoms. The Labute approximate surface area is 94.0 Å². The van der Waals surface area contributed by atoms with Crippen molar-refractivity contribution in [3.8, 4) is 0 Å². The van der Waals surface area contributed by atoms with E-state index in [0.717, 1.165) is 11.3 Å². The molecule has 0 saturated carbocycles. The summed E-state index contributed by atoms with van der Waals surface area (Å²) in [5.74, 6) is 0.831. The Morgan fingerprint density at radius 1 is 1.53 bits per heavy atom. The molecule has 2 rings (SSSR count). The minimum Gasteiger partial charge on any atom is -0.331 e. The lowest BCUT2D eigenvalue weighted by Gasteiger charge is -1.98. The van der Waals surface area contributed by atoms with Crippen LogP contribution in [-0.2, 0) is 7.05 Å². The lowest BCUT2D eigenvalue weighted by Crippen LogP contribution is -1.92. The molecule has 1 aromatic carbocycles. The normalized spacial score (nSPS) is 10.9. The molecule has 0 aliphatic heterocycles. The fraction of sp³-hybridized carbons (Fsp3) is 0.222. The standard InChI is InChI=1S/C9H8BrN3O2/c1-5-11-7-4-8(13(14)15)6(10)3-9(7)12(5)2/h3-4H,1-2H3. The molecule has 2 aromatic rings. The lowest BCUT2D eigenvalue weighted by molar-refractivity contribution is -0.385. The van der Waals surface area contributed by atoms with Crippen molar-refractivity contribution < 1.29 is 4.92 Å². The fourth-order valence-corrected chi connectivity index (χ4v) is 1.94. The first-order valence-electron chi connectivity index (χ1n) is 4.27. The Hall–Kier alpha value is -1.43. The number of halogens is 1. The van der Waals surface area contributed by atoms with Gasteiger partial charge in [-0.1, -0.05) is 0 Å². The number of nitrogens with zero attached hydrogens (tertiary/aromatic N) is 3. The van der Waals surface area contributed by atoms with Crippen molar-refractivity contribution in [3.63, 3.8) is 0 Å². The van der Waals surface area contributed by atoms with Crippen LogP contribution in [0.15, 0.2) is 16.6 Å². The van der Waals surface area contributed by atoms with Gasteiger partial charge in [0.05, 0.1) is 20.4 Å². The molecule has 0 radical (unpaired) electrons. The van der Waals surface area contributed by atoms with Crippen molar-refractivity contribution in [3.05, 3.63) is 32.5 Å². The van der Waals surface area contributed by atoms with Gasteiger partial charge in [0.2, 0.25) is 0 Å². The topological polar surface area (TPSA) is 61.0 Å². The van der Waals surface area contributed by atoms with E-state index in [-0.39, 0.29) is 5.69 Å². The summed E-state index contributed by atoms with van der Waals surface area (Å²) >= 11 is 3.18. The number of hydrogen-bond donors (Lipinski definition) is 0. The lowest BCUT2D eigenvalue weighted by atomic mass is 10.3. The maximum atomic E-state index is 10.7. The minimum atomic E-state index is -0.423. The van der Waals surface area contributed by atoms with E-state index in [1.165, 1.54) is 6.07 Å². The van der Waals surface area contributed by atoms with Gasteiger partial charge in [-0.25, -0.2) is 4.98 Å². The van der Waals surface area contributed by atoms with Crippen molar-refractivity contribution in [1.29, 1.82) is 0 Å². The Morgan fingerprint density at radius 2 is 2.20 bits per heavy atom. The molecule has 6 heteroatoms. The summed E-state index contributed by atoms with van der Waals surface area (Å²) in [6.45, 7) is 1.86. The Morgan fingerprint density at radius 3 is 2.80 bits per heavy atom. The Balaban J connectivity index is 2.82. The van der Waals surface area contributed by atoms with E-state index >= 15 is 0 Å². The summed E-state index contributed by atoms with van der Waals surface area (Å²) in [7, 11) is 1.88. The summed E-state index contributed by atoms with van der Waals surface area (Å²) in [4.78, 5) is 14.5. The van der Waals surface area contributed by atoms with Gasteiger partial charge in [-0.3, -0.25) is 10.1 Å². The average molecular weight is 270 g/mol. The van der Waals surface area contributed by atoms with Gasteiger partial charge in [0.15, 0.2) is 0 Å². The van der Waals surface area contributed by atoms with Crippen molar-refractivity contribution in [2.75, 3.05) is 0 Å². The van der Waals surface area contributed by atoms with Crippen molar-refractivity contribution >= 4 is 32.7 Å². The first kappa shape index (κ1) is 10.1. The maximum Gasteiger partial charge on any atom is 0.285 e. The second kappa shape index (κ2) is 3.30. The van der Waals surface area contributed by atoms with E-state index in [9.17, 15) is 10.1 Å². The largest absolute Gasteiger partial charge is 0.331 e. The zero-order valence-corrected chi connectivity index (χ0v) is 9.78. The third-order valence-electron chi connectivity index (χ3n) is 2.37. The monoisotopic (exact) mass is 269 g/mol. The average Bonchev–Trinajstić information content (AvgIpc) is 2.43. The third-order valence-corrected chi connectivity index (χ3v) is 3.00.